The number of fused-ring (bicyclic) bond motifs is 2. The molecule has 2 aliphatic rings. The Morgan fingerprint density at radius 1 is 1.10 bits per heavy atom. The summed E-state index contributed by atoms with van der Waals surface area (Å²) in [6.45, 7) is 0.507. The minimum atomic E-state index is -0.977. The number of benzene rings is 2. The Labute approximate surface area is 174 Å². The normalized spacial score (nSPS) is 11.4. The average Bonchev–Trinajstić information content (AvgIpc) is 3.16. The van der Waals surface area contributed by atoms with Gasteiger partial charge in [0.2, 0.25) is 5.43 Å². The molecule has 2 heterocycles. The van der Waals surface area contributed by atoms with E-state index in [-0.39, 0.29) is 28.7 Å². The number of aryl methyl sites for hydroxylation is 1. The number of imidazole rings is 1. The van der Waals surface area contributed by atoms with E-state index in [0.29, 0.717) is 37.2 Å². The molecule has 0 bridgehead atoms. The van der Waals surface area contributed by atoms with Crippen LogP contribution in [-0.2, 0) is 11.3 Å². The topological polar surface area (TPSA) is 106 Å². The third kappa shape index (κ3) is 3.98. The highest BCUT2D eigenvalue weighted by molar-refractivity contribution is 6.00. The van der Waals surface area contributed by atoms with Crippen LogP contribution in [0.4, 0.5) is 8.78 Å². The number of nitrogens with zero attached hydrogens (tertiary/aromatic N) is 2. The van der Waals surface area contributed by atoms with Crippen LogP contribution in [0.25, 0.3) is 33.7 Å². The van der Waals surface area contributed by atoms with Gasteiger partial charge in [-0.05, 0) is 25.0 Å². The number of unbranched alkanes of at least 4 members (excludes halogenated alkanes) is 2. The number of halogens is 2. The van der Waals surface area contributed by atoms with Gasteiger partial charge in [-0.25, -0.2) is 13.8 Å². The number of carboxylic acid groups (broad SMARTS) is 1. The molecule has 0 unspecified atom stereocenters. The van der Waals surface area contributed by atoms with E-state index >= 15 is 0 Å². The van der Waals surface area contributed by atoms with Gasteiger partial charge in [0.05, 0.1) is 0 Å². The van der Waals surface area contributed by atoms with Crippen LogP contribution >= 0.6 is 0 Å². The Bertz CT molecular complexity index is 1310. The molecule has 0 spiro atoms. The molecule has 0 saturated carbocycles. The van der Waals surface area contributed by atoms with Crippen molar-refractivity contribution < 1.29 is 28.2 Å². The van der Waals surface area contributed by atoms with Gasteiger partial charge in [-0.1, -0.05) is 6.42 Å². The van der Waals surface area contributed by atoms with Crippen molar-refractivity contribution in [1.29, 1.82) is 0 Å². The van der Waals surface area contributed by atoms with E-state index < -0.39 is 28.8 Å². The first-order chi connectivity index (χ1) is 14.8. The van der Waals surface area contributed by atoms with Crippen molar-refractivity contribution in [3.8, 4) is 28.5 Å². The number of hydrogen-bond acceptors (Lipinski definition) is 5. The van der Waals surface area contributed by atoms with Gasteiger partial charge in [0, 0.05) is 54.0 Å². The third-order valence-electron chi connectivity index (χ3n) is 5.07. The van der Waals surface area contributed by atoms with Crippen LogP contribution in [0.15, 0.2) is 45.9 Å². The Morgan fingerprint density at radius 2 is 1.90 bits per heavy atom. The number of hydrogen-bond donors (Lipinski definition) is 2. The molecule has 0 saturated heterocycles. The molecular weight excluding hydrogens is 410 g/mol. The second kappa shape index (κ2) is 8.17. The molecule has 160 valence electrons. The Hall–Kier alpha value is -3.75. The summed E-state index contributed by atoms with van der Waals surface area (Å²) in [6.07, 6.45) is 5.25. The maximum absolute atomic E-state index is 14.2. The zero-order chi connectivity index (χ0) is 22.1. The molecule has 9 heteroatoms. The standard InChI is InChI=1S/C22H18F2N2O5/c23-14-8-12-18(10-16(14)27)31-19-11-17(28)15(24)9-13(19)21(12)22-25-5-7-26(22)6-3-1-2-4-20(29)30/h5,7-11,27H,1-4,6H2,(H,29,30). The Morgan fingerprint density at radius 3 is 2.68 bits per heavy atom. The number of aliphatic carboxylic acids is 1. The number of phenolic OH excluding ortho intramolecular Hbond substituents is 1. The molecule has 1 aliphatic carbocycles. The van der Waals surface area contributed by atoms with E-state index in [4.69, 9.17) is 9.52 Å². The van der Waals surface area contributed by atoms with Crippen LogP contribution in [0.2, 0.25) is 0 Å². The molecule has 2 N–H and O–H groups in total. The summed E-state index contributed by atoms with van der Waals surface area (Å²) in [4.78, 5) is 26.8. The summed E-state index contributed by atoms with van der Waals surface area (Å²) >= 11 is 0. The van der Waals surface area contributed by atoms with Crippen LogP contribution in [0.1, 0.15) is 25.7 Å². The summed E-state index contributed by atoms with van der Waals surface area (Å²) in [6, 6.07) is 4.22. The van der Waals surface area contributed by atoms with Crippen LogP contribution < -0.4 is 5.43 Å². The second-order valence-electron chi connectivity index (χ2n) is 7.20. The number of rotatable bonds is 7. The second-order valence-corrected chi connectivity index (χ2v) is 7.20. The third-order valence-corrected chi connectivity index (χ3v) is 5.07. The maximum Gasteiger partial charge on any atom is 0.303 e. The quantitative estimate of drug-likeness (QED) is 0.334. The molecule has 0 fully saturated rings. The molecule has 0 amide bonds. The zero-order valence-corrected chi connectivity index (χ0v) is 16.3. The first kappa shape index (κ1) is 20.5. The SMILES string of the molecule is O=C(O)CCCCCn1ccnc1-c1c2cc(F)c(=O)cc-2oc2cc(O)c(F)cc12. The van der Waals surface area contributed by atoms with Gasteiger partial charge in [-0.3, -0.25) is 9.59 Å². The number of aromatic hydroxyl groups is 1. The fourth-order valence-corrected chi connectivity index (χ4v) is 3.59. The van der Waals surface area contributed by atoms with Crippen molar-refractivity contribution in [2.24, 2.45) is 0 Å². The lowest BCUT2D eigenvalue weighted by Crippen LogP contribution is -2.08. The molecule has 31 heavy (non-hydrogen) atoms. The van der Waals surface area contributed by atoms with Gasteiger partial charge >= 0.3 is 5.97 Å². The van der Waals surface area contributed by atoms with Crippen molar-refractivity contribution in [2.75, 3.05) is 0 Å². The van der Waals surface area contributed by atoms with Gasteiger partial charge < -0.3 is 19.2 Å². The van der Waals surface area contributed by atoms with E-state index in [0.717, 1.165) is 24.3 Å². The van der Waals surface area contributed by atoms with Crippen molar-refractivity contribution in [2.45, 2.75) is 32.2 Å². The lowest BCUT2D eigenvalue weighted by Gasteiger charge is -2.16. The van der Waals surface area contributed by atoms with Gasteiger partial charge in [0.25, 0.3) is 0 Å². The summed E-state index contributed by atoms with van der Waals surface area (Å²) in [5.74, 6) is -2.83. The Kier molecular flexibility index (Phi) is 5.41. The minimum Gasteiger partial charge on any atom is -0.505 e. The Balaban J connectivity index is 1.84. The highest BCUT2D eigenvalue weighted by Gasteiger charge is 2.23. The molecule has 1 aliphatic heterocycles. The predicted molar refractivity (Wildman–Crippen MR) is 108 cm³/mol. The van der Waals surface area contributed by atoms with E-state index in [1.54, 1.807) is 17.0 Å². The monoisotopic (exact) mass is 428 g/mol. The average molecular weight is 428 g/mol. The van der Waals surface area contributed by atoms with Crippen LogP contribution in [0.5, 0.6) is 5.75 Å². The van der Waals surface area contributed by atoms with Crippen molar-refractivity contribution in [3.63, 3.8) is 0 Å². The number of phenols is 1. The molecule has 0 atom stereocenters. The largest absolute Gasteiger partial charge is 0.505 e. The molecule has 2 aromatic rings. The summed E-state index contributed by atoms with van der Waals surface area (Å²) in [5.41, 5.74) is -0.129. The van der Waals surface area contributed by atoms with Gasteiger partial charge in [0.15, 0.2) is 17.4 Å². The van der Waals surface area contributed by atoms with Gasteiger partial charge in [-0.15, -0.1) is 0 Å². The van der Waals surface area contributed by atoms with Crippen LogP contribution in [-0.4, -0.2) is 25.7 Å². The van der Waals surface area contributed by atoms with Crippen molar-refractivity contribution >= 4 is 16.9 Å². The van der Waals surface area contributed by atoms with Crippen molar-refractivity contribution in [1.82, 2.24) is 9.55 Å². The molecule has 0 radical (unpaired) electrons. The minimum absolute atomic E-state index is 0.0796. The van der Waals surface area contributed by atoms with Gasteiger partial charge in [0.1, 0.15) is 17.2 Å². The number of carboxylic acids is 1. The van der Waals surface area contributed by atoms with E-state index in [2.05, 4.69) is 4.98 Å². The van der Waals surface area contributed by atoms with E-state index in [1.807, 2.05) is 0 Å². The molecule has 4 rings (SSSR count). The molecule has 1 aromatic carbocycles. The van der Waals surface area contributed by atoms with E-state index in [1.165, 1.54) is 0 Å². The molecular formula is C22H18F2N2O5. The fourth-order valence-electron chi connectivity index (χ4n) is 3.59. The lowest BCUT2D eigenvalue weighted by molar-refractivity contribution is -0.137. The number of carbonyl (C=O) groups is 1. The summed E-state index contributed by atoms with van der Waals surface area (Å²) in [5, 5.41) is 18.8. The van der Waals surface area contributed by atoms with Crippen LogP contribution in [0.3, 0.4) is 0 Å². The fraction of sp³-hybridized carbons (Fsp3) is 0.227. The summed E-state index contributed by atoms with van der Waals surface area (Å²) in [7, 11) is 0. The maximum atomic E-state index is 14.2. The summed E-state index contributed by atoms with van der Waals surface area (Å²) < 4.78 is 35.7. The highest BCUT2D eigenvalue weighted by atomic mass is 19.1. The molecule has 1 aromatic heterocycles. The zero-order valence-electron chi connectivity index (χ0n) is 16.3. The van der Waals surface area contributed by atoms with E-state index in [9.17, 15) is 23.5 Å². The van der Waals surface area contributed by atoms with Gasteiger partial charge in [-0.2, -0.15) is 0 Å². The smallest absolute Gasteiger partial charge is 0.303 e. The van der Waals surface area contributed by atoms with Crippen LogP contribution in [0, 0.1) is 11.6 Å². The number of aromatic nitrogens is 2. The van der Waals surface area contributed by atoms with Crippen molar-refractivity contribution in [3.05, 3.63) is 58.5 Å². The first-order valence-electron chi connectivity index (χ1n) is 9.67. The lowest BCUT2D eigenvalue weighted by atomic mass is 9.98. The predicted octanol–water partition coefficient (Wildman–Crippen LogP) is 4.39. The first-order valence-corrected chi connectivity index (χ1v) is 9.67. The molecule has 7 nitrogen and oxygen atoms in total. The highest BCUT2D eigenvalue weighted by Crippen LogP contribution is 2.41.